The van der Waals surface area contributed by atoms with Gasteiger partial charge < -0.3 is 14.5 Å². The number of hydrogen-bond donors (Lipinski definition) is 0. The summed E-state index contributed by atoms with van der Waals surface area (Å²) in [7, 11) is 3.80. The lowest BCUT2D eigenvalue weighted by molar-refractivity contribution is 0.0596. The van der Waals surface area contributed by atoms with E-state index in [2.05, 4.69) is 4.98 Å². The summed E-state index contributed by atoms with van der Waals surface area (Å²) in [6, 6.07) is 13.5. The molecule has 2 aromatic rings. The first-order chi connectivity index (χ1) is 11.6. The van der Waals surface area contributed by atoms with Crippen molar-refractivity contribution in [2.24, 2.45) is 0 Å². The maximum Gasteiger partial charge on any atom is 0.257 e. The SMILES string of the molecule is CN(C)c1ncccc1C(=O)N1CCC(Oc2ccccc2)CC1. The molecule has 0 bridgehead atoms. The molecule has 0 unspecified atom stereocenters. The van der Waals surface area contributed by atoms with Gasteiger partial charge in [-0.15, -0.1) is 0 Å². The molecule has 2 heterocycles. The van der Waals surface area contributed by atoms with Crippen molar-refractivity contribution in [3.8, 4) is 5.75 Å². The number of anilines is 1. The van der Waals surface area contributed by atoms with Crippen molar-refractivity contribution < 1.29 is 9.53 Å². The fraction of sp³-hybridized carbons (Fsp3) is 0.368. The zero-order valence-electron chi connectivity index (χ0n) is 14.2. The van der Waals surface area contributed by atoms with Crippen molar-refractivity contribution in [2.45, 2.75) is 18.9 Å². The normalized spacial score (nSPS) is 15.2. The molecule has 0 N–H and O–H groups in total. The highest BCUT2D eigenvalue weighted by molar-refractivity contribution is 5.98. The molecular weight excluding hydrogens is 302 g/mol. The minimum Gasteiger partial charge on any atom is -0.490 e. The summed E-state index contributed by atoms with van der Waals surface area (Å²) in [4.78, 5) is 20.9. The number of ether oxygens (including phenoxy) is 1. The van der Waals surface area contributed by atoms with Gasteiger partial charge in [-0.2, -0.15) is 0 Å². The highest BCUT2D eigenvalue weighted by Crippen LogP contribution is 2.22. The van der Waals surface area contributed by atoms with Crippen LogP contribution in [0.1, 0.15) is 23.2 Å². The fourth-order valence-electron chi connectivity index (χ4n) is 2.96. The van der Waals surface area contributed by atoms with Gasteiger partial charge in [-0.1, -0.05) is 18.2 Å². The predicted molar refractivity (Wildman–Crippen MR) is 94.6 cm³/mol. The molecule has 1 aliphatic rings. The maximum absolute atomic E-state index is 12.8. The van der Waals surface area contributed by atoms with E-state index >= 15 is 0 Å². The Morgan fingerprint density at radius 1 is 1.12 bits per heavy atom. The van der Waals surface area contributed by atoms with E-state index in [1.165, 1.54) is 0 Å². The van der Waals surface area contributed by atoms with Crippen molar-refractivity contribution in [2.75, 3.05) is 32.1 Å². The number of likely N-dealkylation sites (tertiary alicyclic amines) is 1. The number of piperidine rings is 1. The van der Waals surface area contributed by atoms with Crippen molar-refractivity contribution in [3.63, 3.8) is 0 Å². The Balaban J connectivity index is 1.61. The van der Waals surface area contributed by atoms with E-state index in [1.54, 1.807) is 6.20 Å². The molecule has 0 radical (unpaired) electrons. The fourth-order valence-corrected chi connectivity index (χ4v) is 2.96. The number of rotatable bonds is 4. The average Bonchev–Trinajstić information content (AvgIpc) is 2.62. The van der Waals surface area contributed by atoms with Crippen LogP contribution in [0.4, 0.5) is 5.82 Å². The number of nitrogens with zero attached hydrogens (tertiary/aromatic N) is 3. The molecule has 0 atom stereocenters. The van der Waals surface area contributed by atoms with Crippen LogP contribution in [-0.2, 0) is 0 Å². The molecule has 1 saturated heterocycles. The highest BCUT2D eigenvalue weighted by atomic mass is 16.5. The van der Waals surface area contributed by atoms with Crippen LogP contribution in [0.5, 0.6) is 5.75 Å². The number of carbonyl (C=O) groups is 1. The maximum atomic E-state index is 12.8. The third kappa shape index (κ3) is 3.67. The van der Waals surface area contributed by atoms with Gasteiger partial charge in [0.1, 0.15) is 17.7 Å². The van der Waals surface area contributed by atoms with E-state index in [0.717, 1.165) is 18.6 Å². The van der Waals surface area contributed by atoms with Gasteiger partial charge in [-0.05, 0) is 24.3 Å². The third-order valence-electron chi connectivity index (χ3n) is 4.22. The molecule has 1 fully saturated rings. The smallest absolute Gasteiger partial charge is 0.257 e. The lowest BCUT2D eigenvalue weighted by Crippen LogP contribution is -2.42. The summed E-state index contributed by atoms with van der Waals surface area (Å²) in [5.74, 6) is 1.65. The Hall–Kier alpha value is -2.56. The van der Waals surface area contributed by atoms with Gasteiger partial charge in [0.05, 0.1) is 5.56 Å². The van der Waals surface area contributed by atoms with E-state index in [1.807, 2.05) is 66.4 Å². The van der Waals surface area contributed by atoms with Crippen LogP contribution >= 0.6 is 0 Å². The zero-order valence-corrected chi connectivity index (χ0v) is 14.2. The van der Waals surface area contributed by atoms with Crippen molar-refractivity contribution in [3.05, 3.63) is 54.2 Å². The zero-order chi connectivity index (χ0) is 16.9. The van der Waals surface area contributed by atoms with Crippen LogP contribution in [-0.4, -0.2) is 49.1 Å². The van der Waals surface area contributed by atoms with Gasteiger partial charge in [-0.25, -0.2) is 4.98 Å². The quantitative estimate of drug-likeness (QED) is 0.867. The van der Waals surface area contributed by atoms with Crippen molar-refractivity contribution in [1.82, 2.24) is 9.88 Å². The van der Waals surface area contributed by atoms with E-state index < -0.39 is 0 Å². The molecule has 3 rings (SSSR count). The summed E-state index contributed by atoms with van der Waals surface area (Å²) in [5.41, 5.74) is 0.657. The standard InChI is InChI=1S/C19H23N3O2/c1-21(2)18-17(9-6-12-20-18)19(23)22-13-10-16(11-14-22)24-15-7-4-3-5-8-15/h3-9,12,16H,10-11,13-14H2,1-2H3. The summed E-state index contributed by atoms with van der Waals surface area (Å²) >= 11 is 0. The lowest BCUT2D eigenvalue weighted by Gasteiger charge is -2.32. The van der Waals surface area contributed by atoms with E-state index in [9.17, 15) is 4.79 Å². The molecule has 0 aliphatic carbocycles. The Morgan fingerprint density at radius 2 is 1.83 bits per heavy atom. The monoisotopic (exact) mass is 325 g/mol. The number of hydrogen-bond acceptors (Lipinski definition) is 4. The molecule has 5 nitrogen and oxygen atoms in total. The van der Waals surface area contributed by atoms with E-state index in [-0.39, 0.29) is 12.0 Å². The molecule has 1 amide bonds. The lowest BCUT2D eigenvalue weighted by atomic mass is 10.1. The molecule has 0 saturated carbocycles. The number of amides is 1. The van der Waals surface area contributed by atoms with Crippen LogP contribution in [0, 0.1) is 0 Å². The second-order valence-electron chi connectivity index (χ2n) is 6.19. The topological polar surface area (TPSA) is 45.7 Å². The summed E-state index contributed by atoms with van der Waals surface area (Å²) in [6.07, 6.45) is 3.57. The minimum absolute atomic E-state index is 0.0463. The van der Waals surface area contributed by atoms with Gasteiger partial charge in [0.2, 0.25) is 0 Å². The second-order valence-corrected chi connectivity index (χ2v) is 6.19. The van der Waals surface area contributed by atoms with Gasteiger partial charge in [0, 0.05) is 46.2 Å². The van der Waals surface area contributed by atoms with Crippen LogP contribution in [0.25, 0.3) is 0 Å². The summed E-state index contributed by atoms with van der Waals surface area (Å²) in [5, 5.41) is 0. The van der Waals surface area contributed by atoms with Crippen LogP contribution in [0.15, 0.2) is 48.7 Å². The average molecular weight is 325 g/mol. The highest BCUT2D eigenvalue weighted by Gasteiger charge is 2.26. The number of pyridine rings is 1. The predicted octanol–water partition coefficient (Wildman–Crippen LogP) is 2.83. The Labute approximate surface area is 142 Å². The van der Waals surface area contributed by atoms with Crippen LogP contribution in [0.3, 0.4) is 0 Å². The van der Waals surface area contributed by atoms with Crippen LogP contribution in [0.2, 0.25) is 0 Å². The van der Waals surface area contributed by atoms with Gasteiger partial charge >= 0.3 is 0 Å². The summed E-state index contributed by atoms with van der Waals surface area (Å²) < 4.78 is 5.99. The van der Waals surface area contributed by atoms with Crippen molar-refractivity contribution >= 4 is 11.7 Å². The third-order valence-corrected chi connectivity index (χ3v) is 4.22. The number of aromatic nitrogens is 1. The van der Waals surface area contributed by atoms with E-state index in [4.69, 9.17) is 4.74 Å². The largest absolute Gasteiger partial charge is 0.490 e. The number of carbonyl (C=O) groups excluding carboxylic acids is 1. The second kappa shape index (κ2) is 7.34. The van der Waals surface area contributed by atoms with Crippen molar-refractivity contribution in [1.29, 1.82) is 0 Å². The molecule has 0 spiro atoms. The first-order valence-electron chi connectivity index (χ1n) is 8.28. The number of para-hydroxylation sites is 1. The van der Waals surface area contributed by atoms with Gasteiger partial charge in [0.25, 0.3) is 5.91 Å². The number of benzene rings is 1. The molecule has 126 valence electrons. The van der Waals surface area contributed by atoms with Crippen LogP contribution < -0.4 is 9.64 Å². The molecule has 1 aromatic heterocycles. The Bertz CT molecular complexity index is 680. The van der Waals surface area contributed by atoms with Gasteiger partial charge in [0.15, 0.2) is 0 Å². The minimum atomic E-state index is 0.0463. The first kappa shape index (κ1) is 16.3. The molecule has 24 heavy (non-hydrogen) atoms. The van der Waals surface area contributed by atoms with E-state index in [0.29, 0.717) is 24.5 Å². The summed E-state index contributed by atoms with van der Waals surface area (Å²) in [6.45, 7) is 1.41. The molecule has 5 heteroatoms. The first-order valence-corrected chi connectivity index (χ1v) is 8.28. The Kier molecular flexibility index (Phi) is 4.99. The van der Waals surface area contributed by atoms with Gasteiger partial charge in [-0.3, -0.25) is 4.79 Å². The molecule has 1 aliphatic heterocycles. The Morgan fingerprint density at radius 3 is 2.50 bits per heavy atom. The molecule has 1 aromatic carbocycles. The molecular formula is C19H23N3O2.